The largest absolute Gasteiger partial charge is 0.416 e. The summed E-state index contributed by atoms with van der Waals surface area (Å²) in [5.41, 5.74) is -0.603. The van der Waals surface area contributed by atoms with Gasteiger partial charge in [0.05, 0.1) is 29.3 Å². The van der Waals surface area contributed by atoms with Gasteiger partial charge in [0.25, 0.3) is 0 Å². The molecule has 108 valence electrons. The first-order chi connectivity index (χ1) is 9.91. The van der Waals surface area contributed by atoms with E-state index in [1.807, 2.05) is 0 Å². The molecule has 0 saturated carbocycles. The maximum absolute atomic E-state index is 12.7. The van der Waals surface area contributed by atoms with Crippen molar-refractivity contribution in [2.75, 3.05) is 5.32 Å². The van der Waals surface area contributed by atoms with Gasteiger partial charge in [-0.25, -0.2) is 4.98 Å². The summed E-state index contributed by atoms with van der Waals surface area (Å²) in [5, 5.41) is 10.7. The maximum Gasteiger partial charge on any atom is 0.416 e. The van der Waals surface area contributed by atoms with Gasteiger partial charge in [0.2, 0.25) is 5.91 Å². The lowest BCUT2D eigenvalue weighted by Gasteiger charge is -2.14. The van der Waals surface area contributed by atoms with Crippen molar-refractivity contribution < 1.29 is 18.0 Å². The third kappa shape index (κ3) is 3.39. The van der Waals surface area contributed by atoms with Crippen LogP contribution in [0.4, 0.5) is 18.9 Å². The van der Waals surface area contributed by atoms with Crippen LogP contribution >= 0.6 is 0 Å². The minimum absolute atomic E-state index is 0.0388. The van der Waals surface area contributed by atoms with Gasteiger partial charge in [-0.1, -0.05) is 0 Å². The molecule has 0 aliphatic heterocycles. The van der Waals surface area contributed by atoms with Crippen LogP contribution in [0.3, 0.4) is 0 Å². The molecule has 5 nitrogen and oxygen atoms in total. The fourth-order valence-electron chi connectivity index (χ4n) is 1.71. The van der Waals surface area contributed by atoms with Crippen molar-refractivity contribution in [2.24, 2.45) is 0 Å². The molecule has 1 aromatic carbocycles. The van der Waals surface area contributed by atoms with Crippen LogP contribution in [0, 0.1) is 11.3 Å². The number of halogens is 3. The van der Waals surface area contributed by atoms with Gasteiger partial charge in [0.1, 0.15) is 6.42 Å². The Morgan fingerprint density at radius 3 is 2.76 bits per heavy atom. The number of amides is 1. The number of aromatic nitrogens is 2. The number of carbonyl (C=O) groups is 1. The molecule has 0 saturated heterocycles. The molecule has 0 atom stereocenters. The van der Waals surface area contributed by atoms with Crippen molar-refractivity contribution in [3.05, 3.63) is 42.5 Å². The molecule has 21 heavy (non-hydrogen) atoms. The Hall–Kier alpha value is -2.82. The van der Waals surface area contributed by atoms with Gasteiger partial charge in [-0.3, -0.25) is 4.79 Å². The Balaban J connectivity index is 2.46. The summed E-state index contributed by atoms with van der Waals surface area (Å²) in [6.07, 6.45) is -0.592. The lowest BCUT2D eigenvalue weighted by molar-refractivity contribution is -0.137. The van der Waals surface area contributed by atoms with E-state index in [0.29, 0.717) is 5.69 Å². The van der Waals surface area contributed by atoms with Gasteiger partial charge in [-0.05, 0) is 18.2 Å². The van der Waals surface area contributed by atoms with Crippen LogP contribution < -0.4 is 5.32 Å². The van der Waals surface area contributed by atoms with E-state index in [9.17, 15) is 18.0 Å². The average Bonchev–Trinajstić information content (AvgIpc) is 2.91. The van der Waals surface area contributed by atoms with Gasteiger partial charge in [0.15, 0.2) is 0 Å². The zero-order chi connectivity index (χ0) is 15.5. The number of hydrogen-bond donors (Lipinski definition) is 1. The molecule has 1 aromatic heterocycles. The maximum atomic E-state index is 12.7. The van der Waals surface area contributed by atoms with E-state index >= 15 is 0 Å². The SMILES string of the molecule is N#CCC(=O)Nc1cc(C(F)(F)F)ccc1-n1ccnc1. The summed E-state index contributed by atoms with van der Waals surface area (Å²) in [5.74, 6) is -0.682. The zero-order valence-electron chi connectivity index (χ0n) is 10.6. The molecule has 0 radical (unpaired) electrons. The molecule has 0 bridgehead atoms. The second kappa shape index (κ2) is 5.66. The summed E-state index contributed by atoms with van der Waals surface area (Å²) >= 11 is 0. The van der Waals surface area contributed by atoms with Gasteiger partial charge >= 0.3 is 6.18 Å². The second-order valence-corrected chi connectivity index (χ2v) is 4.08. The number of alkyl halides is 3. The highest BCUT2D eigenvalue weighted by Crippen LogP contribution is 2.33. The molecular formula is C13H9F3N4O. The predicted molar refractivity (Wildman–Crippen MR) is 67.4 cm³/mol. The fourth-order valence-corrected chi connectivity index (χ4v) is 1.71. The summed E-state index contributed by atoms with van der Waals surface area (Å²) < 4.78 is 39.7. The molecule has 0 fully saturated rings. The van der Waals surface area contributed by atoms with Crippen LogP contribution in [-0.2, 0) is 11.0 Å². The smallest absolute Gasteiger partial charge is 0.323 e. The number of nitrogens with zero attached hydrogens (tertiary/aromatic N) is 3. The first kappa shape index (κ1) is 14.6. The van der Waals surface area contributed by atoms with E-state index in [1.165, 1.54) is 29.4 Å². The van der Waals surface area contributed by atoms with Crippen molar-refractivity contribution in [1.82, 2.24) is 9.55 Å². The number of hydrogen-bond acceptors (Lipinski definition) is 3. The van der Waals surface area contributed by atoms with E-state index in [1.54, 1.807) is 6.07 Å². The Morgan fingerprint density at radius 2 is 2.19 bits per heavy atom. The number of nitrogens with one attached hydrogen (secondary N) is 1. The lowest BCUT2D eigenvalue weighted by Crippen LogP contribution is -2.14. The Kier molecular flexibility index (Phi) is 3.93. The van der Waals surface area contributed by atoms with Crippen LogP contribution in [0.25, 0.3) is 5.69 Å². The second-order valence-electron chi connectivity index (χ2n) is 4.08. The van der Waals surface area contributed by atoms with Crippen molar-refractivity contribution in [2.45, 2.75) is 12.6 Å². The van der Waals surface area contributed by atoms with Crippen molar-refractivity contribution in [3.8, 4) is 11.8 Å². The summed E-state index contributed by atoms with van der Waals surface area (Å²) in [4.78, 5) is 15.3. The van der Waals surface area contributed by atoms with Gasteiger partial charge < -0.3 is 9.88 Å². The third-order valence-corrected chi connectivity index (χ3v) is 2.62. The quantitative estimate of drug-likeness (QED) is 0.946. The van der Waals surface area contributed by atoms with Crippen LogP contribution in [0.1, 0.15) is 12.0 Å². The highest BCUT2D eigenvalue weighted by molar-refractivity contribution is 5.94. The average molecular weight is 294 g/mol. The molecule has 0 unspecified atom stereocenters. The van der Waals surface area contributed by atoms with Crippen LogP contribution in [0.15, 0.2) is 36.9 Å². The molecule has 8 heteroatoms. The summed E-state index contributed by atoms with van der Waals surface area (Å²) in [6, 6.07) is 4.60. The third-order valence-electron chi connectivity index (χ3n) is 2.62. The molecule has 0 aliphatic carbocycles. The van der Waals surface area contributed by atoms with Crippen LogP contribution in [0.2, 0.25) is 0 Å². The molecule has 1 N–H and O–H groups in total. The highest BCUT2D eigenvalue weighted by Gasteiger charge is 2.31. The van der Waals surface area contributed by atoms with E-state index < -0.39 is 24.1 Å². The first-order valence-electron chi connectivity index (χ1n) is 5.78. The normalized spacial score (nSPS) is 11.0. The minimum atomic E-state index is -4.53. The van der Waals surface area contributed by atoms with E-state index in [2.05, 4.69) is 10.3 Å². The van der Waals surface area contributed by atoms with E-state index in [4.69, 9.17) is 5.26 Å². The number of imidazole rings is 1. The van der Waals surface area contributed by atoms with Crippen molar-refractivity contribution in [1.29, 1.82) is 5.26 Å². The lowest BCUT2D eigenvalue weighted by atomic mass is 10.1. The van der Waals surface area contributed by atoms with Gasteiger partial charge in [0, 0.05) is 12.4 Å². The Bertz CT molecular complexity index is 686. The Morgan fingerprint density at radius 1 is 1.43 bits per heavy atom. The van der Waals surface area contributed by atoms with E-state index in [-0.39, 0.29) is 5.69 Å². The number of nitriles is 1. The van der Waals surface area contributed by atoms with Crippen LogP contribution in [0.5, 0.6) is 0 Å². The highest BCUT2D eigenvalue weighted by atomic mass is 19.4. The van der Waals surface area contributed by atoms with E-state index in [0.717, 1.165) is 12.1 Å². The summed E-state index contributed by atoms with van der Waals surface area (Å²) in [6.45, 7) is 0. The van der Waals surface area contributed by atoms with Crippen molar-refractivity contribution in [3.63, 3.8) is 0 Å². The molecule has 0 aliphatic rings. The van der Waals surface area contributed by atoms with Gasteiger partial charge in [-0.15, -0.1) is 0 Å². The molecule has 0 spiro atoms. The van der Waals surface area contributed by atoms with Gasteiger partial charge in [-0.2, -0.15) is 18.4 Å². The monoisotopic (exact) mass is 294 g/mol. The zero-order valence-corrected chi connectivity index (χ0v) is 10.6. The molecule has 1 amide bonds. The number of anilines is 1. The number of rotatable bonds is 3. The fraction of sp³-hybridized carbons (Fsp3) is 0.154. The standard InChI is InChI=1S/C13H9F3N4O/c14-13(15,16)9-1-2-11(20-6-5-18-8-20)10(7-9)19-12(21)3-4-17/h1-2,5-8H,3H2,(H,19,21). The predicted octanol–water partition coefficient (Wildman–Crippen LogP) is 2.74. The molecule has 2 rings (SSSR count). The summed E-state index contributed by atoms with van der Waals surface area (Å²) in [7, 11) is 0. The topological polar surface area (TPSA) is 70.7 Å². The number of benzene rings is 1. The number of carbonyl (C=O) groups excluding carboxylic acids is 1. The Labute approximate surface area is 117 Å². The van der Waals surface area contributed by atoms with Crippen molar-refractivity contribution >= 4 is 11.6 Å². The molecule has 2 aromatic rings. The minimum Gasteiger partial charge on any atom is -0.323 e. The molecular weight excluding hydrogens is 285 g/mol. The first-order valence-corrected chi connectivity index (χ1v) is 5.78. The van der Waals surface area contributed by atoms with Crippen LogP contribution in [-0.4, -0.2) is 15.5 Å². The molecule has 1 heterocycles.